The zero-order chi connectivity index (χ0) is 29.7. The molecule has 0 atom stereocenters. The molecule has 10 nitrogen and oxygen atoms in total. The molecule has 1 aliphatic heterocycles. The van der Waals surface area contributed by atoms with E-state index in [9.17, 15) is 19.2 Å². The Morgan fingerprint density at radius 2 is 0.900 bits per heavy atom. The van der Waals surface area contributed by atoms with E-state index in [1.807, 2.05) is 0 Å². The van der Waals surface area contributed by atoms with Crippen LogP contribution in [-0.2, 0) is 36.2 Å². The van der Waals surface area contributed by atoms with Crippen LogP contribution in [-0.4, -0.2) is 70.8 Å². The molecule has 0 aliphatic carbocycles. The van der Waals surface area contributed by atoms with E-state index in [1.165, 1.54) is 84.3 Å². The molecule has 2 N–H and O–H groups in total. The molecular weight excluding hydrogens is 601 g/mol. The Kier molecular flexibility index (Phi) is 15.5. The van der Waals surface area contributed by atoms with Gasteiger partial charge in [0.1, 0.15) is 0 Å². The Balaban J connectivity index is 0. The number of carbonyl (C=O) groups is 4. The van der Waals surface area contributed by atoms with Gasteiger partial charge in [0, 0.05) is 17.2 Å². The summed E-state index contributed by atoms with van der Waals surface area (Å²) in [6, 6.07) is 2.56. The van der Waals surface area contributed by atoms with Crippen molar-refractivity contribution in [2.24, 2.45) is 5.41 Å². The summed E-state index contributed by atoms with van der Waals surface area (Å²) in [6.45, 7) is 22.4. The number of benzene rings is 1. The zero-order valence-corrected chi connectivity index (χ0v) is 27.6. The molecule has 0 radical (unpaired) electrons. The van der Waals surface area contributed by atoms with Crippen LogP contribution in [0.25, 0.3) is 21.3 Å². The van der Waals surface area contributed by atoms with Gasteiger partial charge < -0.3 is 50.4 Å². The van der Waals surface area contributed by atoms with E-state index in [2.05, 4.69) is 49.0 Å². The van der Waals surface area contributed by atoms with E-state index in [0.717, 1.165) is 0 Å². The predicted molar refractivity (Wildman–Crippen MR) is 157 cm³/mol. The number of nitrogens with zero attached hydrogens (tertiary/aromatic N) is 5. The molecule has 0 spiro atoms. The summed E-state index contributed by atoms with van der Waals surface area (Å²) in [5.74, 6) is -3.28. The van der Waals surface area contributed by atoms with Crippen molar-refractivity contribution in [1.82, 2.24) is 0 Å². The minimum Gasteiger partial charge on any atom is -0.643 e. The van der Waals surface area contributed by atoms with E-state index < -0.39 is 40.1 Å². The minimum absolute atomic E-state index is 0. The molecule has 1 heterocycles. The van der Waals surface area contributed by atoms with Gasteiger partial charge in [-0.2, -0.15) is 0 Å². The van der Waals surface area contributed by atoms with Crippen molar-refractivity contribution in [3.63, 3.8) is 0 Å². The fourth-order valence-corrected chi connectivity index (χ4v) is 3.83. The van der Waals surface area contributed by atoms with Crippen molar-refractivity contribution in [3.8, 4) is 0 Å². The van der Waals surface area contributed by atoms with Crippen molar-refractivity contribution < 1.29 is 46.2 Å². The average Bonchev–Trinajstić information content (AvgIpc) is 2.83. The third kappa shape index (κ3) is 9.60. The quantitative estimate of drug-likeness (QED) is 0.208. The van der Waals surface area contributed by atoms with E-state index in [0.29, 0.717) is 0 Å². The summed E-state index contributed by atoms with van der Waals surface area (Å²) in [5.41, 5.74) is -4.87. The number of quaternary nitrogens is 1. The van der Waals surface area contributed by atoms with Gasteiger partial charge in [-0.15, -0.1) is 11.4 Å². The molecule has 1 aromatic rings. The van der Waals surface area contributed by atoms with Gasteiger partial charge in [0.05, 0.1) is 48.0 Å². The van der Waals surface area contributed by atoms with Crippen LogP contribution in [0.3, 0.4) is 0 Å². The SMILES string of the molecule is CC1(C)[N-]C(=O)C(C)(C)C(=O)[N-]C(C)(C)C(=O)[N-]c2cc(Cl)c(Cl)cc2[N-]C1=O.CC[N+](CC)(CC)CC.O.[Fe+4]. The first-order valence-corrected chi connectivity index (χ1v) is 13.5. The van der Waals surface area contributed by atoms with Crippen LogP contribution in [0.15, 0.2) is 12.1 Å². The molecule has 0 unspecified atom stereocenters. The van der Waals surface area contributed by atoms with Gasteiger partial charge in [-0.3, -0.25) is 0 Å². The van der Waals surface area contributed by atoms with Gasteiger partial charge in [-0.05, 0) is 41.5 Å². The summed E-state index contributed by atoms with van der Waals surface area (Å²) in [5, 5.41) is 15.9. The maximum Gasteiger partial charge on any atom is 4.00 e. The zero-order valence-electron chi connectivity index (χ0n) is 25.0. The number of fused-ring (bicyclic) bond motifs is 1. The normalized spacial score (nSPS) is 18.1. The van der Waals surface area contributed by atoms with E-state index in [-0.39, 0.29) is 44.0 Å². The Morgan fingerprint density at radius 3 is 1.12 bits per heavy atom. The second-order valence-corrected chi connectivity index (χ2v) is 11.6. The molecule has 226 valence electrons. The van der Waals surface area contributed by atoms with Crippen molar-refractivity contribution in [2.75, 3.05) is 26.2 Å². The number of hydrogen-bond acceptors (Lipinski definition) is 4. The first-order chi connectivity index (χ1) is 17.3. The fraction of sp³-hybridized carbons (Fsp3) is 0.630. The van der Waals surface area contributed by atoms with Gasteiger partial charge in [0.2, 0.25) is 0 Å². The van der Waals surface area contributed by atoms with Crippen molar-refractivity contribution >= 4 is 58.2 Å². The maximum absolute atomic E-state index is 12.7. The Labute approximate surface area is 259 Å². The topological polar surface area (TPSA) is 156 Å². The molecule has 13 heteroatoms. The molecule has 4 amide bonds. The van der Waals surface area contributed by atoms with Gasteiger partial charge >= 0.3 is 17.1 Å². The first kappa shape index (κ1) is 40.3. The van der Waals surface area contributed by atoms with Gasteiger partial charge in [-0.25, -0.2) is 0 Å². The minimum atomic E-state index is -1.68. The van der Waals surface area contributed by atoms with Crippen LogP contribution in [0.2, 0.25) is 10.0 Å². The number of halogens is 2. The summed E-state index contributed by atoms with van der Waals surface area (Å²) in [6.07, 6.45) is 0. The van der Waals surface area contributed by atoms with Crippen LogP contribution in [0.4, 0.5) is 11.4 Å². The molecule has 1 aliphatic rings. The summed E-state index contributed by atoms with van der Waals surface area (Å²) < 4.78 is 1.28. The Hall–Kier alpha value is -1.88. The van der Waals surface area contributed by atoms with Crippen LogP contribution < -0.4 is 0 Å². The number of amides is 4. The third-order valence-corrected chi connectivity index (χ3v) is 7.75. The van der Waals surface area contributed by atoms with Gasteiger partial charge in [-0.1, -0.05) is 74.1 Å². The number of rotatable bonds is 4. The van der Waals surface area contributed by atoms with E-state index in [4.69, 9.17) is 23.2 Å². The largest absolute Gasteiger partial charge is 4.00 e. The van der Waals surface area contributed by atoms with Crippen LogP contribution in [0.5, 0.6) is 0 Å². The maximum atomic E-state index is 12.7. The molecular formula is C27H42Cl2FeN5O5+. The molecule has 40 heavy (non-hydrogen) atoms. The number of hydrogen-bond donors (Lipinski definition) is 0. The molecule has 1 aromatic carbocycles. The summed E-state index contributed by atoms with van der Waals surface area (Å²) in [4.78, 5) is 50.8. The average molecular weight is 643 g/mol. The predicted octanol–water partition coefficient (Wildman–Crippen LogP) is 6.51. The molecule has 0 bridgehead atoms. The second kappa shape index (κ2) is 15.4. The summed E-state index contributed by atoms with van der Waals surface area (Å²) >= 11 is 12.0. The van der Waals surface area contributed by atoms with Crippen LogP contribution >= 0.6 is 23.2 Å². The van der Waals surface area contributed by atoms with E-state index >= 15 is 0 Å². The molecule has 0 aromatic heterocycles. The number of carbonyl (C=O) groups excluding carboxylic acids is 4. The molecule has 2 rings (SSSR count). The molecule has 0 saturated heterocycles. The summed E-state index contributed by atoms with van der Waals surface area (Å²) in [7, 11) is 0. The molecule has 0 fully saturated rings. The van der Waals surface area contributed by atoms with Crippen LogP contribution in [0, 0.1) is 5.41 Å². The molecule has 0 saturated carbocycles. The van der Waals surface area contributed by atoms with Gasteiger partial charge in [0.25, 0.3) is 0 Å². The fourth-order valence-electron chi connectivity index (χ4n) is 3.51. The Bertz CT molecular complexity index is 987. The smallest absolute Gasteiger partial charge is 0.643 e. The monoisotopic (exact) mass is 642 g/mol. The Morgan fingerprint density at radius 1 is 0.625 bits per heavy atom. The van der Waals surface area contributed by atoms with Gasteiger partial charge in [0.15, 0.2) is 0 Å². The van der Waals surface area contributed by atoms with Crippen molar-refractivity contribution in [2.45, 2.75) is 80.3 Å². The first-order valence-electron chi connectivity index (χ1n) is 12.7. The van der Waals surface area contributed by atoms with Crippen molar-refractivity contribution in [3.05, 3.63) is 43.4 Å². The van der Waals surface area contributed by atoms with E-state index in [1.54, 1.807) is 0 Å². The van der Waals surface area contributed by atoms with Crippen molar-refractivity contribution in [1.29, 1.82) is 0 Å². The standard InChI is InChI=1S/C19H24Cl2N4O4.C8H20N.Fe.H2O/c1-17(2)13(26)24-18(3,4)15(28)22-11-7-9(20)10(21)8-12(11)23-16(29)19(5,6)25-14(17)27;1-5-9(6-2,7-3)8-4;;/h7-8H,1-6H3,(H4,22,23,24,25,26,27,28,29);5-8H2,1-4H3;;1H2/q;+1;+4;/p-4. The third-order valence-electron chi connectivity index (χ3n) is 7.02. The van der Waals surface area contributed by atoms with Crippen LogP contribution in [0.1, 0.15) is 69.2 Å². The second-order valence-electron chi connectivity index (χ2n) is 10.8.